The molecule has 0 bridgehead atoms. The molecule has 13 nitrogen and oxygen atoms in total. The van der Waals surface area contributed by atoms with Crippen molar-refractivity contribution in [1.82, 2.24) is 0 Å². The summed E-state index contributed by atoms with van der Waals surface area (Å²) in [6.45, 7) is 4.87. The van der Waals surface area contributed by atoms with E-state index in [0.29, 0.717) is 0 Å². The largest absolute Gasteiger partial charge is 0.465 e. The van der Waals surface area contributed by atoms with Crippen LogP contribution in [0, 0.1) is 40.4 Å². The lowest BCUT2D eigenvalue weighted by atomic mass is 9.90. The second-order valence-corrected chi connectivity index (χ2v) is 15.4. The van der Waals surface area contributed by atoms with E-state index in [-0.39, 0.29) is 54.2 Å². The molecule has 0 aliphatic rings. The molecule has 5 atom stereocenters. The van der Waals surface area contributed by atoms with Crippen LogP contribution in [-0.2, 0) is 61.9 Å². The molecule has 0 spiro atoms. The quantitative estimate of drug-likeness (QED) is 0.0386. The molecule has 0 aliphatic heterocycles. The normalized spacial score (nSPS) is 16.4. The van der Waals surface area contributed by atoms with Crippen LogP contribution in [-0.4, -0.2) is 123 Å². The van der Waals surface area contributed by atoms with Crippen molar-refractivity contribution in [3.8, 4) is 0 Å². The summed E-state index contributed by atoms with van der Waals surface area (Å²) >= 11 is 24.9. The third-order valence-electron chi connectivity index (χ3n) is 7.66. The van der Waals surface area contributed by atoms with Crippen molar-refractivity contribution < 1.29 is 61.9 Å². The second kappa shape index (κ2) is 27.5. The molecular weight excluding hydrogens is 797 g/mol. The van der Waals surface area contributed by atoms with E-state index in [0.717, 1.165) is 0 Å². The van der Waals surface area contributed by atoms with Gasteiger partial charge in [0.1, 0.15) is 39.6 Å². The van der Waals surface area contributed by atoms with Gasteiger partial charge in [0.25, 0.3) is 0 Å². The molecule has 0 N–H and O–H groups in total. The van der Waals surface area contributed by atoms with E-state index in [1.165, 1.54) is 0 Å². The SMILES string of the molecule is CC(CS)C(=O)OCC(COCC(COC(=O)C(C)CS)(COC(=O)C(C)CS)COC(=O)C(C)CS)(COC(=O)CCS)COC(=O)C(C)CS. The zero-order valence-corrected chi connectivity index (χ0v) is 35.9. The van der Waals surface area contributed by atoms with Crippen LogP contribution < -0.4 is 0 Å². The van der Waals surface area contributed by atoms with Crippen LogP contribution in [0.4, 0.5) is 0 Å². The lowest BCUT2D eigenvalue weighted by Gasteiger charge is -2.36. The molecule has 0 aromatic heterocycles. The summed E-state index contributed by atoms with van der Waals surface area (Å²) in [5, 5.41) is 0. The number of esters is 6. The lowest BCUT2D eigenvalue weighted by Crippen LogP contribution is -2.48. The Hall–Kier alpha value is -1.12. The molecule has 0 amide bonds. The average Bonchev–Trinajstić information content (AvgIpc) is 3.15. The smallest absolute Gasteiger partial charge is 0.309 e. The standard InChI is InChI=1S/C33H56O13S6/c1-21(8-48)27(35)42-16-32(15-41-26(34)6-7-47,17-43-28(36)22(2)9-49)13-40-14-33(18-44-29(37)23(3)10-50,19-45-30(38)24(4)11-51)20-46-31(39)25(5)12-52/h21-25,47-52H,6-20H2,1-5H3. The first-order valence-corrected chi connectivity index (χ1v) is 20.5. The van der Waals surface area contributed by atoms with Gasteiger partial charge in [-0.15, -0.1) is 0 Å². The molecule has 0 aromatic carbocycles. The molecule has 0 radical (unpaired) electrons. The molecular formula is C33H56O13S6. The summed E-state index contributed by atoms with van der Waals surface area (Å²) in [6.07, 6.45) is -0.0294. The van der Waals surface area contributed by atoms with Crippen LogP contribution in [0.3, 0.4) is 0 Å². The third-order valence-corrected chi connectivity index (χ3v) is 10.6. The Labute approximate surface area is 340 Å². The van der Waals surface area contributed by atoms with Crippen LogP contribution >= 0.6 is 75.8 Å². The summed E-state index contributed by atoms with van der Waals surface area (Å²) in [5.41, 5.74) is -2.92. The first-order valence-electron chi connectivity index (χ1n) is 16.7. The second-order valence-electron chi connectivity index (χ2n) is 13.1. The first-order chi connectivity index (χ1) is 24.5. The van der Waals surface area contributed by atoms with Crippen molar-refractivity contribution in [3.05, 3.63) is 0 Å². The Morgan fingerprint density at radius 2 is 0.635 bits per heavy atom. The lowest BCUT2D eigenvalue weighted by molar-refractivity contribution is -0.178. The fraction of sp³-hybridized carbons (Fsp3) is 0.818. The molecule has 0 saturated carbocycles. The van der Waals surface area contributed by atoms with Gasteiger partial charge in [0, 0.05) is 34.5 Å². The van der Waals surface area contributed by atoms with Gasteiger partial charge in [-0.2, -0.15) is 75.8 Å². The van der Waals surface area contributed by atoms with E-state index >= 15 is 0 Å². The Bertz CT molecular complexity index is 1040. The van der Waals surface area contributed by atoms with Gasteiger partial charge >= 0.3 is 35.8 Å². The minimum Gasteiger partial charge on any atom is -0.465 e. The van der Waals surface area contributed by atoms with Crippen LogP contribution in [0.1, 0.15) is 41.0 Å². The van der Waals surface area contributed by atoms with Crippen LogP contribution in [0.25, 0.3) is 0 Å². The number of thiol groups is 6. The monoisotopic (exact) mass is 852 g/mol. The van der Waals surface area contributed by atoms with Gasteiger partial charge in [-0.3, -0.25) is 28.8 Å². The number of hydrogen-bond acceptors (Lipinski definition) is 19. The molecule has 302 valence electrons. The van der Waals surface area contributed by atoms with E-state index in [9.17, 15) is 28.8 Å². The number of carbonyl (C=O) groups is 6. The Balaban J connectivity index is 6.87. The predicted molar refractivity (Wildman–Crippen MR) is 215 cm³/mol. The highest BCUT2D eigenvalue weighted by molar-refractivity contribution is 7.81. The van der Waals surface area contributed by atoms with Gasteiger partial charge in [-0.05, 0) is 0 Å². The highest BCUT2D eigenvalue weighted by Gasteiger charge is 2.42. The summed E-state index contributed by atoms with van der Waals surface area (Å²) in [5.74, 6) is -5.46. The third kappa shape index (κ3) is 19.5. The topological polar surface area (TPSA) is 167 Å². The van der Waals surface area contributed by atoms with Crippen molar-refractivity contribution in [3.63, 3.8) is 0 Å². The minimum absolute atomic E-state index is 0.0294. The van der Waals surface area contributed by atoms with Crippen LogP contribution in [0.2, 0.25) is 0 Å². The zero-order chi connectivity index (χ0) is 39.9. The molecule has 0 aromatic rings. The number of rotatable bonds is 28. The number of ether oxygens (including phenoxy) is 7. The molecule has 52 heavy (non-hydrogen) atoms. The molecule has 0 aliphatic carbocycles. The highest BCUT2D eigenvalue weighted by Crippen LogP contribution is 2.28. The molecule has 0 rings (SSSR count). The highest BCUT2D eigenvalue weighted by atomic mass is 32.1. The number of carbonyl (C=O) groups excluding carboxylic acids is 6. The van der Waals surface area contributed by atoms with Crippen molar-refractivity contribution in [2.45, 2.75) is 41.0 Å². The van der Waals surface area contributed by atoms with Gasteiger partial charge in [0.2, 0.25) is 0 Å². The maximum absolute atomic E-state index is 12.8. The van der Waals surface area contributed by atoms with Crippen molar-refractivity contribution >= 4 is 112 Å². The summed E-state index contributed by atoms with van der Waals surface area (Å²) in [7, 11) is 0. The Morgan fingerprint density at radius 3 is 0.846 bits per heavy atom. The fourth-order valence-corrected chi connectivity index (χ4v) is 4.51. The van der Waals surface area contributed by atoms with Gasteiger partial charge in [0.15, 0.2) is 0 Å². The van der Waals surface area contributed by atoms with Gasteiger partial charge in [0.05, 0.1) is 60.1 Å². The minimum atomic E-state index is -1.47. The van der Waals surface area contributed by atoms with Gasteiger partial charge < -0.3 is 33.2 Å². The van der Waals surface area contributed by atoms with Crippen molar-refractivity contribution in [1.29, 1.82) is 0 Å². The zero-order valence-electron chi connectivity index (χ0n) is 30.5. The van der Waals surface area contributed by atoms with Crippen molar-refractivity contribution in [2.24, 2.45) is 40.4 Å². The fourth-order valence-electron chi connectivity index (χ4n) is 3.59. The maximum Gasteiger partial charge on any atom is 0.309 e. The van der Waals surface area contributed by atoms with Crippen molar-refractivity contribution in [2.75, 3.05) is 87.4 Å². The maximum atomic E-state index is 12.8. The van der Waals surface area contributed by atoms with Crippen LogP contribution in [0.15, 0.2) is 0 Å². The average molecular weight is 853 g/mol. The van der Waals surface area contributed by atoms with Gasteiger partial charge in [-0.1, -0.05) is 34.6 Å². The Kier molecular flexibility index (Phi) is 26.9. The van der Waals surface area contributed by atoms with E-state index in [4.69, 9.17) is 33.2 Å². The molecule has 0 saturated heterocycles. The van der Waals surface area contributed by atoms with Gasteiger partial charge in [-0.25, -0.2) is 0 Å². The molecule has 19 heteroatoms. The summed E-state index contributed by atoms with van der Waals surface area (Å²) in [4.78, 5) is 76.4. The van der Waals surface area contributed by atoms with E-state index in [2.05, 4.69) is 75.8 Å². The van der Waals surface area contributed by atoms with Crippen LogP contribution in [0.5, 0.6) is 0 Å². The van der Waals surface area contributed by atoms with E-state index in [1.807, 2.05) is 0 Å². The number of hydrogen-bond donors (Lipinski definition) is 6. The van der Waals surface area contributed by atoms with E-state index in [1.54, 1.807) is 34.6 Å². The van der Waals surface area contributed by atoms with E-state index < -0.39 is 116 Å². The first kappa shape index (κ1) is 50.9. The molecule has 5 unspecified atom stereocenters. The molecule has 0 fully saturated rings. The Morgan fingerprint density at radius 1 is 0.404 bits per heavy atom. The predicted octanol–water partition coefficient (Wildman–Crippen LogP) is 3.38. The molecule has 0 heterocycles. The summed E-state index contributed by atoms with van der Waals surface area (Å²) < 4.78 is 39.8. The summed E-state index contributed by atoms with van der Waals surface area (Å²) in [6, 6.07) is 0.